The van der Waals surface area contributed by atoms with Crippen LogP contribution in [0.3, 0.4) is 0 Å². The number of rotatable bonds is 7. The van der Waals surface area contributed by atoms with Gasteiger partial charge in [-0.15, -0.1) is 23.7 Å². The molecule has 0 saturated carbocycles. The largest absolute Gasteiger partial charge is 0.297 e. The average Bonchev–Trinajstić information content (AvgIpc) is 3.55. The first-order chi connectivity index (χ1) is 16.9. The maximum Gasteiger partial charge on any atom is 0.277 e. The first kappa shape index (κ1) is 23.5. The highest BCUT2D eigenvalue weighted by Crippen LogP contribution is 2.30. The smallest absolute Gasteiger partial charge is 0.277 e. The number of fused-ring (bicyclic) bond motifs is 2. The number of terminal acetylenes is 1. The number of hydrogen-bond acceptors (Lipinski definition) is 8. The molecular weight excluding hydrogens is 504 g/mol. The Balaban J connectivity index is 1.29. The van der Waals surface area contributed by atoms with Crippen LogP contribution in [-0.2, 0) is 23.1 Å². The first-order valence-corrected chi connectivity index (χ1v) is 14.1. The number of nitrogens with zero attached hydrogens (tertiary/aromatic N) is 4. The van der Waals surface area contributed by atoms with Gasteiger partial charge in [-0.3, -0.25) is 24.4 Å². The second-order valence-electron chi connectivity index (χ2n) is 8.02. The van der Waals surface area contributed by atoms with Gasteiger partial charge < -0.3 is 0 Å². The Morgan fingerprint density at radius 3 is 2.91 bits per heavy atom. The Bertz CT molecular complexity index is 1520. The highest BCUT2D eigenvalue weighted by atomic mass is 32.2. The van der Waals surface area contributed by atoms with Crippen LogP contribution in [0.4, 0.5) is 10.8 Å². The summed E-state index contributed by atoms with van der Waals surface area (Å²) in [6.45, 7) is 3.22. The normalized spacial score (nSPS) is 14.3. The van der Waals surface area contributed by atoms with Crippen molar-refractivity contribution in [1.82, 2.24) is 19.7 Å². The molecule has 5 rings (SSSR count). The molecule has 0 bridgehead atoms. The van der Waals surface area contributed by atoms with E-state index in [-0.39, 0.29) is 10.1 Å². The fraction of sp³-hybridized carbons (Fsp3) is 0.261. The molecule has 180 valence electrons. The molecule has 1 aliphatic rings. The third-order valence-electron chi connectivity index (χ3n) is 5.52. The molecule has 0 radical (unpaired) electrons. The molecule has 1 aromatic carbocycles. The van der Waals surface area contributed by atoms with E-state index in [4.69, 9.17) is 6.42 Å². The van der Waals surface area contributed by atoms with Gasteiger partial charge >= 0.3 is 0 Å². The number of benzene rings is 1. The predicted molar refractivity (Wildman–Crippen MR) is 138 cm³/mol. The van der Waals surface area contributed by atoms with Crippen molar-refractivity contribution >= 4 is 59.6 Å². The van der Waals surface area contributed by atoms with Crippen molar-refractivity contribution in [2.75, 3.05) is 23.1 Å². The molecule has 4 heterocycles. The van der Waals surface area contributed by atoms with Crippen molar-refractivity contribution in [2.45, 2.75) is 30.1 Å². The summed E-state index contributed by atoms with van der Waals surface area (Å²) >= 11 is 2.42. The molecule has 0 fully saturated rings. The fourth-order valence-electron chi connectivity index (χ4n) is 3.88. The van der Waals surface area contributed by atoms with Crippen molar-refractivity contribution < 1.29 is 13.2 Å². The predicted octanol–water partition coefficient (Wildman–Crippen LogP) is 3.84. The highest BCUT2D eigenvalue weighted by Gasteiger charge is 2.21. The summed E-state index contributed by atoms with van der Waals surface area (Å²) in [6.07, 6.45) is 7.03. The number of amides is 1. The van der Waals surface area contributed by atoms with Crippen LogP contribution in [0.5, 0.6) is 0 Å². The number of carbonyl (C=O) groups is 1. The summed E-state index contributed by atoms with van der Waals surface area (Å²) in [5, 5.41) is 9.45. The van der Waals surface area contributed by atoms with Gasteiger partial charge in [0.05, 0.1) is 21.6 Å². The Kier molecular flexibility index (Phi) is 6.57. The zero-order valence-electron chi connectivity index (χ0n) is 18.6. The lowest BCUT2D eigenvalue weighted by molar-refractivity contribution is 0.102. The Hall–Kier alpha value is -3.24. The van der Waals surface area contributed by atoms with Gasteiger partial charge in [0.15, 0.2) is 10.8 Å². The van der Waals surface area contributed by atoms with Crippen LogP contribution < -0.4 is 10.0 Å². The van der Waals surface area contributed by atoms with E-state index in [1.165, 1.54) is 11.3 Å². The van der Waals surface area contributed by atoms with Crippen LogP contribution in [0.25, 0.3) is 10.2 Å². The second kappa shape index (κ2) is 9.79. The van der Waals surface area contributed by atoms with Gasteiger partial charge in [0, 0.05) is 32.6 Å². The van der Waals surface area contributed by atoms with E-state index in [1.54, 1.807) is 35.7 Å². The summed E-state index contributed by atoms with van der Waals surface area (Å²) in [5.41, 5.74) is 2.41. The van der Waals surface area contributed by atoms with Gasteiger partial charge in [0.2, 0.25) is 0 Å². The summed E-state index contributed by atoms with van der Waals surface area (Å²) < 4.78 is 30.4. The lowest BCUT2D eigenvalue weighted by Gasteiger charge is -2.17. The van der Waals surface area contributed by atoms with E-state index in [0.717, 1.165) is 47.8 Å². The van der Waals surface area contributed by atoms with Gasteiger partial charge in [-0.1, -0.05) is 17.4 Å². The molecule has 0 atom stereocenters. The van der Waals surface area contributed by atoms with Gasteiger partial charge in [0.1, 0.15) is 4.21 Å². The first-order valence-electron chi connectivity index (χ1n) is 10.9. The minimum Gasteiger partial charge on any atom is -0.297 e. The molecule has 9 nitrogen and oxygen atoms in total. The third-order valence-corrected chi connectivity index (χ3v) is 9.23. The van der Waals surface area contributed by atoms with Crippen LogP contribution in [0.1, 0.15) is 29.0 Å². The minimum absolute atomic E-state index is 0.243. The molecule has 12 heteroatoms. The molecule has 0 unspecified atom stereocenters. The number of carbonyl (C=O) groups excluding carboxylic acids is 1. The zero-order chi connectivity index (χ0) is 24.4. The maximum absolute atomic E-state index is 12.9. The Morgan fingerprint density at radius 2 is 2.11 bits per heavy atom. The highest BCUT2D eigenvalue weighted by molar-refractivity contribution is 7.94. The van der Waals surface area contributed by atoms with Crippen molar-refractivity contribution in [3.63, 3.8) is 0 Å². The molecule has 2 N–H and O–H groups in total. The van der Waals surface area contributed by atoms with E-state index < -0.39 is 10.0 Å². The molecule has 4 aromatic rings. The minimum atomic E-state index is -3.64. The maximum atomic E-state index is 12.9. The van der Waals surface area contributed by atoms with Crippen molar-refractivity contribution in [1.29, 1.82) is 0 Å². The number of anilines is 2. The van der Waals surface area contributed by atoms with Crippen LogP contribution >= 0.6 is 22.7 Å². The molecule has 0 saturated heterocycles. The molecule has 1 aliphatic heterocycles. The summed E-state index contributed by atoms with van der Waals surface area (Å²) in [5.74, 6) is 2.34. The zero-order valence-corrected chi connectivity index (χ0v) is 21.0. The summed E-state index contributed by atoms with van der Waals surface area (Å²) in [6, 6.07) is 10.1. The molecule has 1 amide bonds. The molecule has 0 aliphatic carbocycles. The van der Waals surface area contributed by atoms with Gasteiger partial charge in [-0.05, 0) is 42.1 Å². The van der Waals surface area contributed by atoms with Gasteiger partial charge in [-0.2, -0.15) is 5.10 Å². The van der Waals surface area contributed by atoms with Crippen LogP contribution in [0.2, 0.25) is 0 Å². The Labute approximate surface area is 210 Å². The fourth-order valence-corrected chi connectivity index (χ4v) is 6.82. The number of sulfonamides is 1. The number of hydrogen-bond donors (Lipinski definition) is 2. The van der Waals surface area contributed by atoms with E-state index in [9.17, 15) is 13.2 Å². The topological polar surface area (TPSA) is 109 Å². The third kappa shape index (κ3) is 5.23. The van der Waals surface area contributed by atoms with Crippen molar-refractivity contribution in [3.8, 4) is 12.3 Å². The van der Waals surface area contributed by atoms with Crippen LogP contribution in [-0.4, -0.2) is 47.1 Å². The SMILES string of the molecule is C#CCCN1CCCn2nc(C(=O)Nc3nc4ccc(NS(=O)(=O)c5cccs5)cc4s3)cc2C1. The van der Waals surface area contributed by atoms with Crippen LogP contribution in [0, 0.1) is 12.3 Å². The number of thiophene rings is 1. The molecular formula is C23H22N6O3S3. The van der Waals surface area contributed by atoms with E-state index in [1.807, 2.05) is 10.7 Å². The summed E-state index contributed by atoms with van der Waals surface area (Å²) in [4.78, 5) is 19.6. The van der Waals surface area contributed by atoms with Crippen LogP contribution in [0.15, 0.2) is 46.0 Å². The van der Waals surface area contributed by atoms with E-state index in [0.29, 0.717) is 35.0 Å². The average molecular weight is 527 g/mol. The Morgan fingerprint density at radius 1 is 1.23 bits per heavy atom. The van der Waals surface area contributed by atoms with E-state index >= 15 is 0 Å². The number of aromatic nitrogens is 3. The second-order valence-corrected chi connectivity index (χ2v) is 11.9. The monoisotopic (exact) mass is 526 g/mol. The van der Waals surface area contributed by atoms with E-state index in [2.05, 4.69) is 30.9 Å². The van der Waals surface area contributed by atoms with Gasteiger partial charge in [-0.25, -0.2) is 13.4 Å². The van der Waals surface area contributed by atoms with Crippen molar-refractivity contribution in [2.24, 2.45) is 0 Å². The number of nitrogens with one attached hydrogen (secondary N) is 2. The standard InChI is InChI=1S/C23H22N6O3S3/c1-2-3-9-28-10-5-11-29-17(15-28)14-19(26-29)22(30)25-23-24-18-8-7-16(13-20(18)34-23)27-35(31,32)21-6-4-12-33-21/h1,4,6-8,12-14,27H,3,5,9-11,15H2,(H,24,25,30). The summed E-state index contributed by atoms with van der Waals surface area (Å²) in [7, 11) is -3.64. The van der Waals surface area contributed by atoms with Crippen molar-refractivity contribution in [3.05, 3.63) is 53.2 Å². The lowest BCUT2D eigenvalue weighted by Crippen LogP contribution is -2.24. The van der Waals surface area contributed by atoms with Gasteiger partial charge in [0.25, 0.3) is 15.9 Å². The molecule has 3 aromatic heterocycles. The number of thiazole rings is 1. The quantitative estimate of drug-likeness (QED) is 0.354. The number of aryl methyl sites for hydroxylation is 1. The lowest BCUT2D eigenvalue weighted by atomic mass is 10.3. The molecule has 0 spiro atoms. The molecule has 35 heavy (non-hydrogen) atoms.